The summed E-state index contributed by atoms with van der Waals surface area (Å²) in [7, 11) is 0. The van der Waals surface area contributed by atoms with Gasteiger partial charge in [0.05, 0.1) is 5.25 Å². The molecule has 0 spiro atoms. The average Bonchev–Trinajstić information content (AvgIpc) is 2.45. The Kier molecular flexibility index (Phi) is 11.7. The van der Waals surface area contributed by atoms with E-state index in [0.29, 0.717) is 11.9 Å². The first-order valence-corrected chi connectivity index (χ1v) is 8.88. The zero-order chi connectivity index (χ0) is 14.1. The Hall–Kier alpha value is 0.0700. The largest absolute Gasteiger partial charge is 0.339 e. The third-order valence-electron chi connectivity index (χ3n) is 3.71. The van der Waals surface area contributed by atoms with Gasteiger partial charge >= 0.3 is 0 Å². The summed E-state index contributed by atoms with van der Waals surface area (Å²) >= 11 is 1.82. The molecular weight excluding hydrogens is 292 g/mol. The number of amides is 1. The fourth-order valence-electron chi connectivity index (χ4n) is 2.54. The van der Waals surface area contributed by atoms with Crippen molar-refractivity contribution in [2.45, 2.75) is 64.2 Å². The fourth-order valence-corrected chi connectivity index (χ4v) is 3.63. The molecule has 1 N–H and O–H groups in total. The SMILES string of the molecule is CCCCSC(C)C(=O)N(CCC)C1CCNCC1.Cl. The molecule has 0 aromatic heterocycles. The standard InChI is InChI=1S/C15H30N2OS.ClH/c1-4-6-12-19-13(3)15(18)17(11-5-2)14-7-9-16-10-8-14;/h13-14,16H,4-12H2,1-3H3;1H. The van der Waals surface area contributed by atoms with Gasteiger partial charge in [0.15, 0.2) is 0 Å². The van der Waals surface area contributed by atoms with E-state index in [4.69, 9.17) is 0 Å². The van der Waals surface area contributed by atoms with E-state index < -0.39 is 0 Å². The maximum absolute atomic E-state index is 12.6. The summed E-state index contributed by atoms with van der Waals surface area (Å²) in [5.41, 5.74) is 0. The minimum Gasteiger partial charge on any atom is -0.339 e. The van der Waals surface area contributed by atoms with E-state index in [0.717, 1.165) is 44.6 Å². The second kappa shape index (κ2) is 11.7. The molecule has 1 rings (SSSR count). The summed E-state index contributed by atoms with van der Waals surface area (Å²) in [5, 5.41) is 3.50. The van der Waals surface area contributed by atoms with Gasteiger partial charge in [0.2, 0.25) is 5.91 Å². The molecule has 3 nitrogen and oxygen atoms in total. The second-order valence-corrected chi connectivity index (χ2v) is 6.83. The zero-order valence-electron chi connectivity index (χ0n) is 13.2. The van der Waals surface area contributed by atoms with Gasteiger partial charge < -0.3 is 10.2 Å². The topological polar surface area (TPSA) is 32.3 Å². The molecule has 20 heavy (non-hydrogen) atoms. The first-order chi connectivity index (χ1) is 9.20. The van der Waals surface area contributed by atoms with E-state index in [2.05, 4.69) is 31.0 Å². The van der Waals surface area contributed by atoms with E-state index in [1.807, 2.05) is 11.8 Å². The quantitative estimate of drug-likeness (QED) is 0.696. The van der Waals surface area contributed by atoms with Crippen LogP contribution in [0, 0.1) is 0 Å². The van der Waals surface area contributed by atoms with Gasteiger partial charge in [0, 0.05) is 12.6 Å². The number of carbonyl (C=O) groups excluding carboxylic acids is 1. The van der Waals surface area contributed by atoms with E-state index in [1.54, 1.807) is 0 Å². The Labute approximate surface area is 135 Å². The first-order valence-electron chi connectivity index (χ1n) is 7.83. The van der Waals surface area contributed by atoms with Crippen LogP contribution in [0.4, 0.5) is 0 Å². The lowest BCUT2D eigenvalue weighted by molar-refractivity contribution is -0.133. The van der Waals surface area contributed by atoms with Crippen LogP contribution in [-0.2, 0) is 4.79 Å². The highest BCUT2D eigenvalue weighted by molar-refractivity contribution is 8.00. The van der Waals surface area contributed by atoms with E-state index in [-0.39, 0.29) is 17.7 Å². The van der Waals surface area contributed by atoms with Crippen molar-refractivity contribution in [3.8, 4) is 0 Å². The summed E-state index contributed by atoms with van der Waals surface area (Å²) in [6.45, 7) is 9.46. The number of nitrogens with one attached hydrogen (secondary N) is 1. The maximum atomic E-state index is 12.6. The predicted octanol–water partition coefficient (Wildman–Crippen LogP) is 3.32. The summed E-state index contributed by atoms with van der Waals surface area (Å²) < 4.78 is 0. The minimum atomic E-state index is 0. The number of piperidine rings is 1. The summed E-state index contributed by atoms with van der Waals surface area (Å²) in [4.78, 5) is 14.8. The molecular formula is C15H31ClN2OS. The van der Waals surface area contributed by atoms with Crippen molar-refractivity contribution < 1.29 is 4.79 Å². The van der Waals surface area contributed by atoms with Gasteiger partial charge in [-0.1, -0.05) is 20.3 Å². The lowest BCUT2D eigenvalue weighted by Gasteiger charge is -2.36. The molecule has 1 amide bonds. The third kappa shape index (κ3) is 6.68. The summed E-state index contributed by atoms with van der Waals surface area (Å²) in [5.74, 6) is 1.46. The number of thioether (sulfide) groups is 1. The van der Waals surface area contributed by atoms with Crippen molar-refractivity contribution in [2.75, 3.05) is 25.4 Å². The first kappa shape index (κ1) is 20.1. The monoisotopic (exact) mass is 322 g/mol. The highest BCUT2D eigenvalue weighted by Crippen LogP contribution is 2.20. The van der Waals surface area contributed by atoms with Gasteiger partial charge in [-0.05, 0) is 51.4 Å². The Balaban J connectivity index is 0.00000361. The zero-order valence-corrected chi connectivity index (χ0v) is 14.8. The van der Waals surface area contributed by atoms with Gasteiger partial charge in [-0.2, -0.15) is 0 Å². The summed E-state index contributed by atoms with van der Waals surface area (Å²) in [6.07, 6.45) is 5.70. The van der Waals surface area contributed by atoms with Gasteiger partial charge in [0.1, 0.15) is 0 Å². The number of carbonyl (C=O) groups is 1. The van der Waals surface area contributed by atoms with Crippen LogP contribution in [0.1, 0.15) is 52.9 Å². The molecule has 1 aliphatic heterocycles. The van der Waals surface area contributed by atoms with Crippen molar-refractivity contribution in [1.82, 2.24) is 10.2 Å². The van der Waals surface area contributed by atoms with Crippen LogP contribution in [0.15, 0.2) is 0 Å². The molecule has 0 radical (unpaired) electrons. The van der Waals surface area contributed by atoms with Crippen LogP contribution in [-0.4, -0.2) is 47.5 Å². The number of unbranched alkanes of at least 4 members (excludes halogenated alkanes) is 1. The molecule has 1 unspecified atom stereocenters. The molecule has 5 heteroatoms. The van der Waals surface area contributed by atoms with Gasteiger partial charge in [-0.3, -0.25) is 4.79 Å². The lowest BCUT2D eigenvalue weighted by Crippen LogP contribution is -2.48. The molecule has 1 atom stereocenters. The van der Waals surface area contributed by atoms with E-state index >= 15 is 0 Å². The van der Waals surface area contributed by atoms with Crippen LogP contribution in [0.5, 0.6) is 0 Å². The molecule has 0 saturated carbocycles. The molecule has 1 aliphatic rings. The van der Waals surface area contributed by atoms with Gasteiger partial charge in [-0.25, -0.2) is 0 Å². The number of nitrogens with zero attached hydrogens (tertiary/aromatic N) is 1. The van der Waals surface area contributed by atoms with Gasteiger partial charge in [-0.15, -0.1) is 24.2 Å². The van der Waals surface area contributed by atoms with E-state index in [1.165, 1.54) is 12.8 Å². The maximum Gasteiger partial charge on any atom is 0.235 e. The molecule has 1 heterocycles. The normalized spacial score (nSPS) is 17.4. The minimum absolute atomic E-state index is 0. The van der Waals surface area contributed by atoms with Crippen LogP contribution in [0.3, 0.4) is 0 Å². The molecule has 0 aromatic rings. The average molecular weight is 323 g/mol. The van der Waals surface area contributed by atoms with Crippen molar-refractivity contribution in [2.24, 2.45) is 0 Å². The number of hydrogen-bond donors (Lipinski definition) is 1. The van der Waals surface area contributed by atoms with Crippen molar-refractivity contribution in [1.29, 1.82) is 0 Å². The fraction of sp³-hybridized carbons (Fsp3) is 0.933. The van der Waals surface area contributed by atoms with Gasteiger partial charge in [0.25, 0.3) is 0 Å². The second-order valence-electron chi connectivity index (χ2n) is 5.38. The molecule has 0 aliphatic carbocycles. The van der Waals surface area contributed by atoms with E-state index in [9.17, 15) is 4.79 Å². The Morgan fingerprint density at radius 3 is 2.50 bits per heavy atom. The molecule has 1 fully saturated rings. The number of halogens is 1. The predicted molar refractivity (Wildman–Crippen MR) is 92.0 cm³/mol. The van der Waals surface area contributed by atoms with Crippen LogP contribution < -0.4 is 5.32 Å². The molecule has 120 valence electrons. The number of rotatable bonds is 8. The molecule has 0 bridgehead atoms. The van der Waals surface area contributed by atoms with Crippen molar-refractivity contribution in [3.05, 3.63) is 0 Å². The molecule has 1 saturated heterocycles. The molecule has 0 aromatic carbocycles. The smallest absolute Gasteiger partial charge is 0.235 e. The lowest BCUT2D eigenvalue weighted by atomic mass is 10.0. The Morgan fingerprint density at radius 1 is 1.30 bits per heavy atom. The van der Waals surface area contributed by atoms with Crippen LogP contribution >= 0.6 is 24.2 Å². The van der Waals surface area contributed by atoms with Crippen molar-refractivity contribution in [3.63, 3.8) is 0 Å². The van der Waals surface area contributed by atoms with Crippen LogP contribution in [0.2, 0.25) is 0 Å². The Morgan fingerprint density at radius 2 is 1.95 bits per heavy atom. The highest BCUT2D eigenvalue weighted by atomic mass is 35.5. The number of hydrogen-bond acceptors (Lipinski definition) is 3. The summed E-state index contributed by atoms with van der Waals surface area (Å²) in [6, 6.07) is 0.461. The highest BCUT2D eigenvalue weighted by Gasteiger charge is 2.27. The van der Waals surface area contributed by atoms with Crippen LogP contribution in [0.25, 0.3) is 0 Å². The Bertz CT molecular complexity index is 260. The third-order valence-corrected chi connectivity index (χ3v) is 4.94. The van der Waals surface area contributed by atoms with Crippen molar-refractivity contribution >= 4 is 30.1 Å².